The number of nitrogen functional groups attached to an aromatic ring is 1. The van der Waals surface area contributed by atoms with E-state index in [-0.39, 0.29) is 0 Å². The zero-order chi connectivity index (χ0) is 11.7. The molecule has 16 heavy (non-hydrogen) atoms. The van der Waals surface area contributed by atoms with Gasteiger partial charge in [-0.2, -0.15) is 0 Å². The molecule has 0 radical (unpaired) electrons. The number of benzene rings is 1. The van der Waals surface area contributed by atoms with Crippen LogP contribution in [0.4, 0.5) is 5.69 Å². The number of nitrogens with two attached hydrogens (primary N) is 1. The smallest absolute Gasteiger partial charge is 0.357 e. The summed E-state index contributed by atoms with van der Waals surface area (Å²) < 4.78 is 4.67. The molecule has 1 heterocycles. The summed E-state index contributed by atoms with van der Waals surface area (Å²) in [7, 11) is 1.33. The van der Waals surface area contributed by atoms with E-state index >= 15 is 0 Å². The summed E-state index contributed by atoms with van der Waals surface area (Å²) in [5, 5.41) is 1.55. The lowest BCUT2D eigenvalue weighted by Crippen LogP contribution is -2.05. The van der Waals surface area contributed by atoms with E-state index in [1.807, 2.05) is 19.1 Å². The Morgan fingerprint density at radius 3 is 2.75 bits per heavy atom. The van der Waals surface area contributed by atoms with Crippen LogP contribution in [0.2, 0.25) is 0 Å². The zero-order valence-corrected chi connectivity index (χ0v) is 9.15. The lowest BCUT2D eigenvalue weighted by molar-refractivity contribution is 0.0596. The van der Waals surface area contributed by atoms with Crippen LogP contribution in [0.1, 0.15) is 16.1 Å². The molecule has 0 fully saturated rings. The predicted octanol–water partition coefficient (Wildman–Crippen LogP) is 1.91. The molecule has 82 valence electrons. The minimum absolute atomic E-state index is 0.298. The molecule has 4 heteroatoms. The second-order valence-electron chi connectivity index (χ2n) is 3.54. The second-order valence-corrected chi connectivity index (χ2v) is 3.54. The fourth-order valence-corrected chi connectivity index (χ4v) is 1.65. The number of aryl methyl sites for hydroxylation is 1. The number of esters is 1. The quantitative estimate of drug-likeness (QED) is 0.584. The van der Waals surface area contributed by atoms with Crippen molar-refractivity contribution in [1.29, 1.82) is 0 Å². The van der Waals surface area contributed by atoms with Crippen molar-refractivity contribution in [3.8, 4) is 0 Å². The monoisotopic (exact) mass is 216 g/mol. The fourth-order valence-electron chi connectivity index (χ4n) is 1.65. The normalized spacial score (nSPS) is 10.4. The third kappa shape index (κ3) is 1.48. The van der Waals surface area contributed by atoms with E-state index in [4.69, 9.17) is 5.73 Å². The highest BCUT2D eigenvalue weighted by molar-refractivity contribution is 6.06. The number of ether oxygens (including phenoxy) is 1. The average Bonchev–Trinajstić information content (AvgIpc) is 2.32. The maximum atomic E-state index is 11.5. The fraction of sp³-hybridized carbons (Fsp3) is 0.167. The van der Waals surface area contributed by atoms with Gasteiger partial charge in [0.25, 0.3) is 0 Å². The number of hydrogen-bond donors (Lipinski definition) is 1. The van der Waals surface area contributed by atoms with Crippen molar-refractivity contribution in [2.75, 3.05) is 12.8 Å². The topological polar surface area (TPSA) is 65.2 Å². The molecule has 4 nitrogen and oxygen atoms in total. The Labute approximate surface area is 93.0 Å². The summed E-state index contributed by atoms with van der Waals surface area (Å²) in [6.07, 6.45) is 1.56. The van der Waals surface area contributed by atoms with Crippen LogP contribution in [0.5, 0.6) is 0 Å². The van der Waals surface area contributed by atoms with Gasteiger partial charge in [0.05, 0.1) is 7.11 Å². The third-order valence-corrected chi connectivity index (χ3v) is 2.58. The second kappa shape index (κ2) is 3.81. The van der Waals surface area contributed by atoms with E-state index in [9.17, 15) is 4.79 Å². The molecule has 1 aromatic heterocycles. The number of hydrogen-bond acceptors (Lipinski definition) is 4. The number of aromatic nitrogens is 1. The summed E-state index contributed by atoms with van der Waals surface area (Å²) in [6, 6.07) is 5.50. The van der Waals surface area contributed by atoms with Gasteiger partial charge in [-0.1, -0.05) is 12.1 Å². The van der Waals surface area contributed by atoms with Crippen LogP contribution in [0.3, 0.4) is 0 Å². The van der Waals surface area contributed by atoms with Gasteiger partial charge >= 0.3 is 5.97 Å². The first kappa shape index (κ1) is 10.4. The number of methoxy groups -OCH3 is 1. The molecule has 0 amide bonds. The maximum absolute atomic E-state index is 11.5. The largest absolute Gasteiger partial charge is 0.464 e. The van der Waals surface area contributed by atoms with Crippen LogP contribution in [-0.4, -0.2) is 18.1 Å². The Balaban J connectivity index is 2.79. The molecule has 2 aromatic rings. The van der Waals surface area contributed by atoms with E-state index in [1.54, 1.807) is 12.3 Å². The van der Waals surface area contributed by atoms with E-state index < -0.39 is 5.97 Å². The first-order chi connectivity index (χ1) is 7.65. The van der Waals surface area contributed by atoms with Crippen LogP contribution in [0, 0.1) is 6.92 Å². The number of anilines is 1. The van der Waals surface area contributed by atoms with Crippen LogP contribution < -0.4 is 5.73 Å². The molecule has 0 aliphatic carbocycles. The highest BCUT2D eigenvalue weighted by Crippen LogP contribution is 2.25. The number of rotatable bonds is 1. The molecule has 0 atom stereocenters. The highest BCUT2D eigenvalue weighted by atomic mass is 16.5. The van der Waals surface area contributed by atoms with Gasteiger partial charge in [-0.15, -0.1) is 0 Å². The highest BCUT2D eigenvalue weighted by Gasteiger charge is 2.13. The molecule has 0 saturated heterocycles. The number of carbonyl (C=O) groups is 1. The average molecular weight is 216 g/mol. The molecule has 0 spiro atoms. The van der Waals surface area contributed by atoms with Gasteiger partial charge in [0.1, 0.15) is 0 Å². The van der Waals surface area contributed by atoms with Crippen LogP contribution >= 0.6 is 0 Å². The van der Waals surface area contributed by atoms with Gasteiger partial charge in [-0.05, 0) is 18.6 Å². The van der Waals surface area contributed by atoms with Gasteiger partial charge in [0.15, 0.2) is 5.69 Å². The lowest BCUT2D eigenvalue weighted by atomic mass is 10.0. The first-order valence-electron chi connectivity index (χ1n) is 4.87. The Hall–Kier alpha value is -2.10. The van der Waals surface area contributed by atoms with Gasteiger partial charge in [-0.25, -0.2) is 9.78 Å². The predicted molar refractivity (Wildman–Crippen MR) is 62.2 cm³/mol. The third-order valence-electron chi connectivity index (χ3n) is 2.58. The van der Waals surface area contributed by atoms with Crippen LogP contribution in [-0.2, 0) is 4.74 Å². The summed E-state index contributed by atoms with van der Waals surface area (Å²) in [5.41, 5.74) is 7.90. The molecule has 0 aliphatic heterocycles. The van der Waals surface area contributed by atoms with Crippen LogP contribution in [0.15, 0.2) is 24.4 Å². The van der Waals surface area contributed by atoms with E-state index in [0.29, 0.717) is 11.4 Å². The molecular weight excluding hydrogens is 204 g/mol. The minimum atomic E-state index is -0.450. The Bertz CT molecular complexity index is 564. The molecule has 0 aliphatic rings. The van der Waals surface area contributed by atoms with Crippen molar-refractivity contribution >= 4 is 22.4 Å². The number of pyridine rings is 1. The number of nitrogens with zero attached hydrogens (tertiary/aromatic N) is 1. The molecule has 1 aromatic carbocycles. The lowest BCUT2D eigenvalue weighted by Gasteiger charge is -2.07. The standard InChI is InChI=1S/C12H12N2O2/c1-7-3-4-9-8(10(7)13)5-6-14-11(9)12(15)16-2/h3-6H,13H2,1-2H3. The van der Waals surface area contributed by atoms with Gasteiger partial charge in [0, 0.05) is 22.7 Å². The Morgan fingerprint density at radius 2 is 2.06 bits per heavy atom. The van der Waals surface area contributed by atoms with Crippen molar-refractivity contribution in [2.45, 2.75) is 6.92 Å². The molecule has 0 unspecified atom stereocenters. The first-order valence-corrected chi connectivity index (χ1v) is 4.87. The van der Waals surface area contributed by atoms with Gasteiger partial charge < -0.3 is 10.5 Å². The van der Waals surface area contributed by atoms with Gasteiger partial charge in [-0.3, -0.25) is 0 Å². The molecular formula is C12H12N2O2. The maximum Gasteiger partial charge on any atom is 0.357 e. The number of carbonyl (C=O) groups excluding carboxylic acids is 1. The van der Waals surface area contributed by atoms with Crippen LogP contribution in [0.25, 0.3) is 10.8 Å². The van der Waals surface area contributed by atoms with Crippen molar-refractivity contribution in [3.05, 3.63) is 35.7 Å². The van der Waals surface area contributed by atoms with Crippen molar-refractivity contribution in [1.82, 2.24) is 4.98 Å². The SMILES string of the molecule is COC(=O)c1nccc2c(N)c(C)ccc12. The summed E-state index contributed by atoms with van der Waals surface area (Å²) in [4.78, 5) is 15.5. The molecule has 0 saturated carbocycles. The van der Waals surface area contributed by atoms with E-state index in [1.165, 1.54) is 7.11 Å². The number of fused-ring (bicyclic) bond motifs is 1. The minimum Gasteiger partial charge on any atom is -0.464 e. The van der Waals surface area contributed by atoms with Crippen molar-refractivity contribution in [3.63, 3.8) is 0 Å². The molecule has 2 N–H and O–H groups in total. The Kier molecular flexibility index (Phi) is 2.48. The zero-order valence-electron chi connectivity index (χ0n) is 9.15. The summed E-state index contributed by atoms with van der Waals surface area (Å²) >= 11 is 0. The molecule has 2 rings (SSSR count). The Morgan fingerprint density at radius 1 is 1.31 bits per heavy atom. The summed E-state index contributed by atoms with van der Waals surface area (Å²) in [6.45, 7) is 1.92. The van der Waals surface area contributed by atoms with E-state index in [2.05, 4.69) is 9.72 Å². The van der Waals surface area contributed by atoms with Gasteiger partial charge in [0.2, 0.25) is 0 Å². The van der Waals surface area contributed by atoms with E-state index in [0.717, 1.165) is 16.3 Å². The van der Waals surface area contributed by atoms with Crippen molar-refractivity contribution in [2.24, 2.45) is 0 Å². The summed E-state index contributed by atoms with van der Waals surface area (Å²) in [5.74, 6) is -0.450. The van der Waals surface area contributed by atoms with Crippen molar-refractivity contribution < 1.29 is 9.53 Å². The molecule has 0 bridgehead atoms.